The molecule has 0 aliphatic heterocycles. The summed E-state index contributed by atoms with van der Waals surface area (Å²) in [4.78, 5) is 11.5. The van der Waals surface area contributed by atoms with E-state index in [1.165, 1.54) is 19.3 Å². The van der Waals surface area contributed by atoms with Crippen LogP contribution < -0.4 is 5.32 Å². The molecular formula is C10H17NO. The molecule has 0 aromatic carbocycles. The van der Waals surface area contributed by atoms with Gasteiger partial charge >= 0.3 is 0 Å². The zero-order valence-electron chi connectivity index (χ0n) is 7.73. The van der Waals surface area contributed by atoms with Crippen molar-refractivity contribution in [3.05, 3.63) is 0 Å². The summed E-state index contributed by atoms with van der Waals surface area (Å²) < 4.78 is 0. The maximum Gasteiger partial charge on any atom is 0.223 e. The van der Waals surface area contributed by atoms with E-state index >= 15 is 0 Å². The Morgan fingerprint density at radius 2 is 2.17 bits per heavy atom. The molecule has 1 N–H and O–H groups in total. The Morgan fingerprint density at radius 3 is 2.50 bits per heavy atom. The SMILES string of the molecule is CCC1(NC(=O)C2CC2)CCC1. The summed E-state index contributed by atoms with van der Waals surface area (Å²) in [6.07, 6.45) is 7.02. The van der Waals surface area contributed by atoms with Gasteiger partial charge in [0.15, 0.2) is 0 Å². The first-order valence-electron chi connectivity index (χ1n) is 5.08. The molecule has 0 aromatic heterocycles. The average Bonchev–Trinajstić information content (AvgIpc) is 2.78. The molecule has 2 aliphatic carbocycles. The quantitative estimate of drug-likeness (QED) is 0.682. The number of carbonyl (C=O) groups is 1. The Hall–Kier alpha value is -0.530. The molecule has 0 spiro atoms. The first kappa shape index (κ1) is 8.09. The Kier molecular flexibility index (Phi) is 1.85. The summed E-state index contributed by atoms with van der Waals surface area (Å²) in [5.74, 6) is 0.686. The summed E-state index contributed by atoms with van der Waals surface area (Å²) in [7, 11) is 0. The molecule has 0 saturated heterocycles. The van der Waals surface area contributed by atoms with E-state index in [-0.39, 0.29) is 5.54 Å². The van der Waals surface area contributed by atoms with Gasteiger partial charge in [-0.05, 0) is 38.5 Å². The molecule has 2 saturated carbocycles. The molecule has 68 valence electrons. The van der Waals surface area contributed by atoms with Gasteiger partial charge < -0.3 is 5.32 Å². The zero-order valence-corrected chi connectivity index (χ0v) is 7.73. The highest BCUT2D eigenvalue weighted by molar-refractivity contribution is 5.81. The highest BCUT2D eigenvalue weighted by Crippen LogP contribution is 2.37. The Bertz CT molecular complexity index is 187. The van der Waals surface area contributed by atoms with Gasteiger partial charge in [0.1, 0.15) is 0 Å². The average molecular weight is 167 g/mol. The lowest BCUT2D eigenvalue weighted by Crippen LogP contribution is -2.53. The molecule has 0 aromatic rings. The van der Waals surface area contributed by atoms with Gasteiger partial charge in [-0.3, -0.25) is 4.79 Å². The van der Waals surface area contributed by atoms with Crippen LogP contribution in [-0.2, 0) is 4.79 Å². The number of hydrogen-bond acceptors (Lipinski definition) is 1. The predicted octanol–water partition coefficient (Wildman–Crippen LogP) is 1.85. The summed E-state index contributed by atoms with van der Waals surface area (Å²) in [6.45, 7) is 2.17. The molecule has 2 fully saturated rings. The van der Waals surface area contributed by atoms with Crippen LogP contribution in [0.3, 0.4) is 0 Å². The molecule has 0 bridgehead atoms. The fourth-order valence-corrected chi connectivity index (χ4v) is 1.88. The van der Waals surface area contributed by atoms with Gasteiger partial charge in [-0.2, -0.15) is 0 Å². The second-order valence-electron chi connectivity index (χ2n) is 4.25. The van der Waals surface area contributed by atoms with Crippen molar-refractivity contribution in [1.82, 2.24) is 5.32 Å². The number of rotatable bonds is 3. The van der Waals surface area contributed by atoms with E-state index in [9.17, 15) is 4.79 Å². The van der Waals surface area contributed by atoms with Crippen molar-refractivity contribution in [2.24, 2.45) is 5.92 Å². The van der Waals surface area contributed by atoms with Crippen LogP contribution in [0.5, 0.6) is 0 Å². The molecule has 0 heterocycles. The van der Waals surface area contributed by atoms with Crippen LogP contribution in [0.1, 0.15) is 45.4 Å². The molecule has 0 unspecified atom stereocenters. The topological polar surface area (TPSA) is 29.1 Å². The molecule has 2 heteroatoms. The summed E-state index contributed by atoms with van der Waals surface area (Å²) in [5.41, 5.74) is 0.208. The van der Waals surface area contributed by atoms with Crippen LogP contribution in [0, 0.1) is 5.92 Å². The maximum atomic E-state index is 11.5. The fraction of sp³-hybridized carbons (Fsp3) is 0.900. The van der Waals surface area contributed by atoms with Crippen molar-refractivity contribution in [3.8, 4) is 0 Å². The third-order valence-corrected chi connectivity index (χ3v) is 3.32. The van der Waals surface area contributed by atoms with Crippen molar-refractivity contribution in [2.75, 3.05) is 0 Å². The van der Waals surface area contributed by atoms with Crippen molar-refractivity contribution in [2.45, 2.75) is 51.0 Å². The lowest BCUT2D eigenvalue weighted by Gasteiger charge is -2.42. The third kappa shape index (κ3) is 1.35. The Labute approximate surface area is 73.7 Å². The van der Waals surface area contributed by atoms with Gasteiger partial charge in [-0.25, -0.2) is 0 Å². The molecule has 1 amide bonds. The van der Waals surface area contributed by atoms with Crippen molar-refractivity contribution in [3.63, 3.8) is 0 Å². The molecule has 0 radical (unpaired) electrons. The minimum atomic E-state index is 0.208. The van der Waals surface area contributed by atoms with E-state index in [0.29, 0.717) is 11.8 Å². The number of amides is 1. The lowest BCUT2D eigenvalue weighted by molar-refractivity contribution is -0.125. The summed E-state index contributed by atoms with van der Waals surface area (Å²) >= 11 is 0. The van der Waals surface area contributed by atoms with Crippen molar-refractivity contribution >= 4 is 5.91 Å². The first-order valence-corrected chi connectivity index (χ1v) is 5.08. The van der Waals surface area contributed by atoms with Gasteiger partial charge in [0, 0.05) is 11.5 Å². The van der Waals surface area contributed by atoms with Gasteiger partial charge in [-0.1, -0.05) is 6.92 Å². The lowest BCUT2D eigenvalue weighted by atomic mass is 9.75. The highest BCUT2D eigenvalue weighted by atomic mass is 16.2. The minimum absolute atomic E-state index is 0.208. The normalized spacial score (nSPS) is 26.1. The molecule has 2 aliphatic rings. The molecule has 12 heavy (non-hydrogen) atoms. The van der Waals surface area contributed by atoms with Crippen LogP contribution in [-0.4, -0.2) is 11.4 Å². The van der Waals surface area contributed by atoms with Crippen LogP contribution >= 0.6 is 0 Å². The largest absolute Gasteiger partial charge is 0.350 e. The molecule has 2 nitrogen and oxygen atoms in total. The molecule has 2 rings (SSSR count). The minimum Gasteiger partial charge on any atom is -0.350 e. The summed E-state index contributed by atoms with van der Waals surface area (Å²) in [6, 6.07) is 0. The van der Waals surface area contributed by atoms with Crippen LogP contribution in [0.15, 0.2) is 0 Å². The van der Waals surface area contributed by atoms with E-state index in [2.05, 4.69) is 12.2 Å². The second-order valence-corrected chi connectivity index (χ2v) is 4.25. The van der Waals surface area contributed by atoms with Gasteiger partial charge in [0.05, 0.1) is 0 Å². The highest BCUT2D eigenvalue weighted by Gasteiger charge is 2.40. The monoisotopic (exact) mass is 167 g/mol. The van der Waals surface area contributed by atoms with E-state index in [4.69, 9.17) is 0 Å². The van der Waals surface area contributed by atoms with Crippen molar-refractivity contribution in [1.29, 1.82) is 0 Å². The molecular weight excluding hydrogens is 150 g/mol. The van der Waals surface area contributed by atoms with Crippen LogP contribution in [0.4, 0.5) is 0 Å². The summed E-state index contributed by atoms with van der Waals surface area (Å²) in [5, 5.41) is 3.20. The number of nitrogens with one attached hydrogen (secondary N) is 1. The van der Waals surface area contributed by atoms with E-state index in [1.54, 1.807) is 0 Å². The van der Waals surface area contributed by atoms with E-state index in [0.717, 1.165) is 19.3 Å². The Balaban J connectivity index is 1.86. The maximum absolute atomic E-state index is 11.5. The number of hydrogen-bond donors (Lipinski definition) is 1. The number of carbonyl (C=O) groups excluding carboxylic acids is 1. The first-order chi connectivity index (χ1) is 5.76. The van der Waals surface area contributed by atoms with Gasteiger partial charge in [0.2, 0.25) is 5.91 Å². The van der Waals surface area contributed by atoms with Crippen molar-refractivity contribution < 1.29 is 4.79 Å². The van der Waals surface area contributed by atoms with Gasteiger partial charge in [-0.15, -0.1) is 0 Å². The fourth-order valence-electron chi connectivity index (χ4n) is 1.88. The standard InChI is InChI=1S/C10H17NO/c1-2-10(6-3-7-10)11-9(12)8-4-5-8/h8H,2-7H2,1H3,(H,11,12). The molecule has 0 atom stereocenters. The van der Waals surface area contributed by atoms with Crippen LogP contribution in [0.25, 0.3) is 0 Å². The van der Waals surface area contributed by atoms with Crippen LogP contribution in [0.2, 0.25) is 0 Å². The van der Waals surface area contributed by atoms with E-state index < -0.39 is 0 Å². The second kappa shape index (κ2) is 2.75. The predicted molar refractivity (Wildman–Crippen MR) is 47.7 cm³/mol. The zero-order chi connectivity index (χ0) is 8.60. The Morgan fingerprint density at radius 1 is 1.50 bits per heavy atom. The third-order valence-electron chi connectivity index (χ3n) is 3.32. The van der Waals surface area contributed by atoms with E-state index in [1.807, 2.05) is 0 Å². The smallest absolute Gasteiger partial charge is 0.223 e. The van der Waals surface area contributed by atoms with Gasteiger partial charge in [0.25, 0.3) is 0 Å².